The van der Waals surface area contributed by atoms with Gasteiger partial charge in [-0.1, -0.05) is 0 Å². The van der Waals surface area contributed by atoms with Gasteiger partial charge in [0.2, 0.25) is 0 Å². The second kappa shape index (κ2) is 7.14. The van der Waals surface area contributed by atoms with Gasteiger partial charge in [0.1, 0.15) is 5.75 Å². The third-order valence-electron chi connectivity index (χ3n) is 4.01. The van der Waals surface area contributed by atoms with Crippen LogP contribution in [0.2, 0.25) is 0 Å². The van der Waals surface area contributed by atoms with E-state index >= 15 is 0 Å². The van der Waals surface area contributed by atoms with Gasteiger partial charge < -0.3 is 14.7 Å². The molecule has 25 heavy (non-hydrogen) atoms. The number of hydrogen-bond acceptors (Lipinski definition) is 7. The van der Waals surface area contributed by atoms with Crippen LogP contribution in [0.25, 0.3) is 6.08 Å². The van der Waals surface area contributed by atoms with Gasteiger partial charge in [0, 0.05) is 24.9 Å². The largest absolute Gasteiger partial charge is 0.865 e. The van der Waals surface area contributed by atoms with Crippen LogP contribution in [-0.4, -0.2) is 41.1 Å². The number of methoxy groups -OCH3 is 1. The predicted molar refractivity (Wildman–Crippen MR) is 92.5 cm³/mol. The zero-order valence-corrected chi connectivity index (χ0v) is 14.4. The van der Waals surface area contributed by atoms with Crippen LogP contribution >= 0.6 is 11.8 Å². The first-order valence-corrected chi connectivity index (χ1v) is 8.62. The van der Waals surface area contributed by atoms with Crippen LogP contribution in [0.4, 0.5) is 5.69 Å². The number of hydrogen-bond donors (Lipinski definition) is 0. The van der Waals surface area contributed by atoms with Gasteiger partial charge >= 0.3 is 0 Å². The van der Waals surface area contributed by atoms with Crippen molar-refractivity contribution in [3.8, 4) is 11.5 Å². The molecule has 0 N–H and O–H groups in total. The molecule has 132 valence electrons. The smallest absolute Gasteiger partial charge is 0.286 e. The van der Waals surface area contributed by atoms with E-state index in [2.05, 4.69) is 9.89 Å². The van der Waals surface area contributed by atoms with E-state index in [0.717, 1.165) is 32.0 Å². The molecule has 1 aromatic carbocycles. The lowest BCUT2D eigenvalue weighted by molar-refractivity contribution is -0.398. The minimum absolute atomic E-state index is 0.131. The first-order chi connectivity index (χ1) is 12.0. The van der Waals surface area contributed by atoms with Crippen LogP contribution in [0.5, 0.6) is 11.5 Å². The van der Waals surface area contributed by atoms with E-state index in [-0.39, 0.29) is 11.7 Å². The Morgan fingerprint density at radius 3 is 2.68 bits per heavy atom. The van der Waals surface area contributed by atoms with Crippen molar-refractivity contribution in [2.45, 2.75) is 19.3 Å². The molecule has 1 fully saturated rings. The van der Waals surface area contributed by atoms with E-state index in [1.807, 2.05) is 0 Å². The highest BCUT2D eigenvalue weighted by atomic mass is 32.2. The third kappa shape index (κ3) is 3.60. The maximum absolute atomic E-state index is 12.1. The van der Waals surface area contributed by atoms with E-state index in [1.165, 1.54) is 37.4 Å². The molecule has 0 radical (unpaired) electrons. The van der Waals surface area contributed by atoms with Gasteiger partial charge in [-0.05, 0) is 48.7 Å². The Balaban J connectivity index is 1.87. The summed E-state index contributed by atoms with van der Waals surface area (Å²) in [5.41, 5.74) is -0.229. The van der Waals surface area contributed by atoms with Gasteiger partial charge in [-0.25, -0.2) is 0 Å². The Morgan fingerprint density at radius 2 is 2.04 bits per heavy atom. The lowest BCUT2D eigenvalue weighted by atomic mass is 10.1. The van der Waals surface area contributed by atoms with Crippen molar-refractivity contribution in [2.75, 3.05) is 20.2 Å². The van der Waals surface area contributed by atoms with Crippen LogP contribution in [0.1, 0.15) is 24.8 Å². The minimum Gasteiger partial charge on any atom is -0.865 e. The third-order valence-corrected chi connectivity index (χ3v) is 5.05. The van der Waals surface area contributed by atoms with E-state index in [0.29, 0.717) is 15.6 Å². The molecular weight excluding hydrogens is 346 g/mol. The highest BCUT2D eigenvalue weighted by Gasteiger charge is 2.27. The highest BCUT2D eigenvalue weighted by Crippen LogP contribution is 2.37. The Morgan fingerprint density at radius 1 is 1.32 bits per heavy atom. The molecule has 1 saturated heterocycles. The van der Waals surface area contributed by atoms with Crippen LogP contribution in [0.3, 0.4) is 0 Å². The lowest BCUT2D eigenvalue weighted by Gasteiger charge is -2.27. The molecular formula is C16H16N3O5S-. The number of benzene rings is 1. The minimum atomic E-state index is -0.787. The first kappa shape index (κ1) is 17.3. The molecule has 0 atom stereocenters. The number of ether oxygens (including phenoxy) is 1. The van der Waals surface area contributed by atoms with Gasteiger partial charge in [0.25, 0.3) is 11.6 Å². The quantitative estimate of drug-likeness (QED) is 0.460. The van der Waals surface area contributed by atoms with Crippen molar-refractivity contribution in [1.82, 2.24) is 4.90 Å². The molecule has 0 unspecified atom stereocenters. The molecule has 2 aliphatic heterocycles. The number of nitrogens with zero attached hydrogens (tertiary/aromatic N) is 3. The average Bonchev–Trinajstić information content (AvgIpc) is 2.97. The molecule has 0 aromatic heterocycles. The van der Waals surface area contributed by atoms with Crippen molar-refractivity contribution >= 4 is 34.6 Å². The van der Waals surface area contributed by atoms with Crippen molar-refractivity contribution in [2.24, 2.45) is 4.99 Å². The standard InChI is InChI=1S/C16H17N3O5S/c1-24-12-8-10(7-11(14(12)20)19(22)23)9-13-15(21)17-16(25-13)18-5-3-2-4-6-18/h7-9,20H,2-6H2,1H3/p-1/b13-9-. The Labute approximate surface area is 148 Å². The number of amidine groups is 1. The topological polar surface area (TPSA) is 108 Å². The van der Waals surface area contributed by atoms with Crippen molar-refractivity contribution in [3.63, 3.8) is 0 Å². The summed E-state index contributed by atoms with van der Waals surface area (Å²) in [6.07, 6.45) is 4.82. The molecule has 1 amide bonds. The maximum atomic E-state index is 12.1. The predicted octanol–water partition coefficient (Wildman–Crippen LogP) is 2.13. The zero-order chi connectivity index (χ0) is 18.0. The Kier molecular flexibility index (Phi) is 4.93. The van der Waals surface area contributed by atoms with Gasteiger partial charge in [0.15, 0.2) is 5.17 Å². The van der Waals surface area contributed by atoms with E-state index in [4.69, 9.17) is 4.74 Å². The van der Waals surface area contributed by atoms with E-state index in [9.17, 15) is 20.0 Å². The molecule has 1 aromatic rings. The number of rotatable bonds is 3. The average molecular weight is 362 g/mol. The fourth-order valence-electron chi connectivity index (χ4n) is 2.75. The first-order valence-electron chi connectivity index (χ1n) is 7.80. The molecule has 0 bridgehead atoms. The second-order valence-electron chi connectivity index (χ2n) is 5.69. The SMILES string of the molecule is COc1cc(/C=C2\SC(N3CCCCC3)=NC2=O)cc([N+](=O)[O-])c1[O-]. The van der Waals surface area contributed by atoms with Crippen molar-refractivity contribution in [3.05, 3.63) is 32.7 Å². The van der Waals surface area contributed by atoms with Crippen molar-refractivity contribution in [1.29, 1.82) is 0 Å². The van der Waals surface area contributed by atoms with Gasteiger partial charge in [-0.3, -0.25) is 14.9 Å². The van der Waals surface area contributed by atoms with Crippen molar-refractivity contribution < 1.29 is 19.6 Å². The monoisotopic (exact) mass is 362 g/mol. The van der Waals surface area contributed by atoms with Gasteiger partial charge in [-0.15, -0.1) is 0 Å². The Bertz CT molecular complexity index is 784. The highest BCUT2D eigenvalue weighted by molar-refractivity contribution is 8.18. The van der Waals surface area contributed by atoms with Gasteiger partial charge in [0.05, 0.1) is 16.9 Å². The number of carbonyl (C=O) groups is 1. The number of likely N-dealkylation sites (tertiary alicyclic amines) is 1. The summed E-state index contributed by atoms with van der Waals surface area (Å²) >= 11 is 1.25. The molecule has 0 saturated carbocycles. The number of nitro groups is 1. The maximum Gasteiger partial charge on any atom is 0.286 e. The summed E-state index contributed by atoms with van der Waals surface area (Å²) < 4.78 is 4.91. The summed E-state index contributed by atoms with van der Waals surface area (Å²) in [4.78, 5) is 28.9. The lowest BCUT2D eigenvalue weighted by Crippen LogP contribution is -2.33. The number of piperidine rings is 1. The molecule has 9 heteroatoms. The van der Waals surface area contributed by atoms with Crippen LogP contribution in [-0.2, 0) is 4.79 Å². The van der Waals surface area contributed by atoms with Crippen LogP contribution in [0, 0.1) is 10.1 Å². The summed E-state index contributed by atoms with van der Waals surface area (Å²) in [7, 11) is 1.27. The fourth-order valence-corrected chi connectivity index (χ4v) is 3.71. The number of amides is 1. The van der Waals surface area contributed by atoms with Crippen LogP contribution < -0.4 is 9.84 Å². The molecule has 0 spiro atoms. The molecule has 8 nitrogen and oxygen atoms in total. The molecule has 2 aliphatic rings. The normalized spacial score (nSPS) is 19.2. The molecule has 2 heterocycles. The zero-order valence-electron chi connectivity index (χ0n) is 13.6. The second-order valence-corrected chi connectivity index (χ2v) is 6.70. The van der Waals surface area contributed by atoms with E-state index < -0.39 is 16.4 Å². The summed E-state index contributed by atoms with van der Waals surface area (Å²) in [5, 5.41) is 23.6. The van der Waals surface area contributed by atoms with E-state index in [1.54, 1.807) is 0 Å². The summed E-state index contributed by atoms with van der Waals surface area (Å²) in [6, 6.07) is 2.53. The fraction of sp³-hybridized carbons (Fsp3) is 0.375. The molecule has 3 rings (SSSR count). The van der Waals surface area contributed by atoms with Gasteiger partial charge in [-0.2, -0.15) is 4.99 Å². The molecule has 0 aliphatic carbocycles. The number of thioether (sulfide) groups is 1. The number of nitro benzene ring substituents is 1. The van der Waals surface area contributed by atoms with Crippen LogP contribution in [0.15, 0.2) is 22.0 Å². The number of carbonyl (C=O) groups excluding carboxylic acids is 1. The summed E-state index contributed by atoms with van der Waals surface area (Å²) in [5.74, 6) is -1.29. The Hall–Kier alpha value is -2.55. The number of aliphatic imine (C=N–C) groups is 1. The summed E-state index contributed by atoms with van der Waals surface area (Å²) in [6.45, 7) is 1.74.